The number of hydrogen-bond acceptors (Lipinski definition) is 5. The van der Waals surface area contributed by atoms with Crippen LogP contribution in [0.5, 0.6) is 0 Å². The first-order chi connectivity index (χ1) is 13.5. The second kappa shape index (κ2) is 8.95. The minimum Gasteiger partial charge on any atom is -0.376 e. The first-order valence-electron chi connectivity index (χ1n) is 9.48. The van der Waals surface area contributed by atoms with Crippen molar-refractivity contribution >= 4 is 11.8 Å². The van der Waals surface area contributed by atoms with Crippen molar-refractivity contribution in [2.45, 2.75) is 31.8 Å². The maximum Gasteiger partial charge on any atom is 0.267 e. The van der Waals surface area contributed by atoms with Crippen LogP contribution in [-0.2, 0) is 11.2 Å². The van der Waals surface area contributed by atoms with E-state index in [0.717, 1.165) is 18.7 Å². The molecule has 7 nitrogen and oxygen atoms in total. The SMILES string of the molecule is CC(c1ccccc1)c1cc(C(N)=O)c(CCC2CNCCO2)c(C(N)=O)n1. The van der Waals surface area contributed by atoms with Crippen LogP contribution in [0.3, 0.4) is 0 Å². The largest absolute Gasteiger partial charge is 0.376 e. The van der Waals surface area contributed by atoms with Gasteiger partial charge in [-0.3, -0.25) is 9.59 Å². The summed E-state index contributed by atoms with van der Waals surface area (Å²) in [7, 11) is 0. The third-order valence-electron chi connectivity index (χ3n) is 5.11. The van der Waals surface area contributed by atoms with Gasteiger partial charge in [0.25, 0.3) is 5.91 Å². The molecule has 2 unspecified atom stereocenters. The first kappa shape index (κ1) is 20.0. The zero-order valence-corrected chi connectivity index (χ0v) is 16.0. The van der Waals surface area contributed by atoms with Crippen LogP contribution in [0.1, 0.15) is 56.9 Å². The Morgan fingerprint density at radius 3 is 2.61 bits per heavy atom. The summed E-state index contributed by atoms with van der Waals surface area (Å²) in [5.41, 5.74) is 13.8. The van der Waals surface area contributed by atoms with E-state index in [0.29, 0.717) is 36.3 Å². The van der Waals surface area contributed by atoms with Gasteiger partial charge in [-0.2, -0.15) is 0 Å². The zero-order valence-electron chi connectivity index (χ0n) is 16.0. The Kier molecular flexibility index (Phi) is 6.38. The molecule has 5 N–H and O–H groups in total. The molecule has 148 valence electrons. The molecular formula is C21H26N4O3. The average molecular weight is 382 g/mol. The van der Waals surface area contributed by atoms with Crippen molar-refractivity contribution in [3.8, 4) is 0 Å². The van der Waals surface area contributed by atoms with Crippen LogP contribution in [0.15, 0.2) is 36.4 Å². The number of hydrogen-bond donors (Lipinski definition) is 3. The first-order valence-corrected chi connectivity index (χ1v) is 9.48. The van der Waals surface area contributed by atoms with E-state index >= 15 is 0 Å². The van der Waals surface area contributed by atoms with Crippen LogP contribution in [0.2, 0.25) is 0 Å². The summed E-state index contributed by atoms with van der Waals surface area (Å²) in [6.45, 7) is 4.16. The second-order valence-electron chi connectivity index (χ2n) is 7.02. The van der Waals surface area contributed by atoms with Crippen LogP contribution < -0.4 is 16.8 Å². The van der Waals surface area contributed by atoms with Crippen molar-refractivity contribution in [3.63, 3.8) is 0 Å². The summed E-state index contributed by atoms with van der Waals surface area (Å²) in [5, 5.41) is 3.26. The van der Waals surface area contributed by atoms with Gasteiger partial charge in [0, 0.05) is 30.3 Å². The van der Waals surface area contributed by atoms with Crippen LogP contribution >= 0.6 is 0 Å². The minimum atomic E-state index is -0.665. The lowest BCUT2D eigenvalue weighted by molar-refractivity contribution is 0.0237. The summed E-state index contributed by atoms with van der Waals surface area (Å²) >= 11 is 0. The fourth-order valence-corrected chi connectivity index (χ4v) is 3.51. The number of nitrogens with two attached hydrogens (primary N) is 2. The van der Waals surface area contributed by atoms with Crippen molar-refractivity contribution < 1.29 is 14.3 Å². The van der Waals surface area contributed by atoms with Gasteiger partial charge < -0.3 is 21.5 Å². The van der Waals surface area contributed by atoms with Crippen molar-refractivity contribution in [3.05, 3.63) is 64.5 Å². The topological polar surface area (TPSA) is 120 Å². The lowest BCUT2D eigenvalue weighted by Gasteiger charge is -2.24. The number of carbonyl (C=O) groups excluding carboxylic acids is 2. The lowest BCUT2D eigenvalue weighted by atomic mass is 9.92. The number of ether oxygens (including phenoxy) is 1. The average Bonchev–Trinajstić information content (AvgIpc) is 2.72. The van der Waals surface area contributed by atoms with Crippen molar-refractivity contribution in [2.24, 2.45) is 11.5 Å². The standard InChI is InChI=1S/C21H26N4O3/c1-13(14-5-3-2-4-6-14)18-11-17(20(22)26)16(19(25-18)21(23)27)8-7-15-12-24-9-10-28-15/h2-6,11,13,15,24H,7-10,12H2,1H3,(H2,22,26)(H2,23,27). The van der Waals surface area contributed by atoms with E-state index in [9.17, 15) is 9.59 Å². The Labute approximate surface area is 164 Å². The molecule has 3 rings (SSSR count). The van der Waals surface area contributed by atoms with E-state index in [2.05, 4.69) is 10.3 Å². The monoisotopic (exact) mass is 382 g/mol. The molecule has 1 aromatic heterocycles. The van der Waals surface area contributed by atoms with Crippen LogP contribution in [0, 0.1) is 0 Å². The Morgan fingerprint density at radius 1 is 1.25 bits per heavy atom. The number of aromatic nitrogens is 1. The molecule has 7 heteroatoms. The van der Waals surface area contributed by atoms with Gasteiger partial charge in [0.1, 0.15) is 5.69 Å². The molecule has 0 aliphatic carbocycles. The Bertz CT molecular complexity index is 813. The maximum absolute atomic E-state index is 12.2. The maximum atomic E-state index is 12.2. The second-order valence-corrected chi connectivity index (χ2v) is 7.02. The fraction of sp³-hybridized carbons (Fsp3) is 0.381. The Balaban J connectivity index is 1.96. The third-order valence-corrected chi connectivity index (χ3v) is 5.11. The van der Waals surface area contributed by atoms with Crippen molar-refractivity contribution in [2.75, 3.05) is 19.7 Å². The number of morpholine rings is 1. The molecule has 1 fully saturated rings. The molecule has 1 saturated heterocycles. The highest BCUT2D eigenvalue weighted by Crippen LogP contribution is 2.26. The number of pyridine rings is 1. The summed E-state index contributed by atoms with van der Waals surface area (Å²) in [6.07, 6.45) is 1.09. The molecule has 28 heavy (non-hydrogen) atoms. The number of carbonyl (C=O) groups is 2. The van der Waals surface area contributed by atoms with E-state index < -0.39 is 11.8 Å². The molecule has 1 aliphatic heterocycles. The Morgan fingerprint density at radius 2 is 2.00 bits per heavy atom. The van der Waals surface area contributed by atoms with Crippen LogP contribution in [-0.4, -0.2) is 42.6 Å². The molecule has 0 saturated carbocycles. The molecule has 2 atom stereocenters. The zero-order chi connectivity index (χ0) is 20.1. The lowest BCUT2D eigenvalue weighted by Crippen LogP contribution is -2.38. The minimum absolute atomic E-state index is 0.0121. The molecule has 0 bridgehead atoms. The molecule has 1 aliphatic rings. The number of rotatable bonds is 7. The molecule has 1 aromatic carbocycles. The van der Waals surface area contributed by atoms with Gasteiger partial charge in [0.15, 0.2) is 0 Å². The van der Waals surface area contributed by atoms with E-state index in [4.69, 9.17) is 16.2 Å². The fourth-order valence-electron chi connectivity index (χ4n) is 3.51. The summed E-state index contributed by atoms with van der Waals surface area (Å²) in [4.78, 5) is 28.8. The summed E-state index contributed by atoms with van der Waals surface area (Å²) < 4.78 is 5.70. The molecule has 2 aromatic rings. The number of amides is 2. The normalized spacial score (nSPS) is 17.8. The number of benzene rings is 1. The highest BCUT2D eigenvalue weighted by Gasteiger charge is 2.23. The molecule has 0 radical (unpaired) electrons. The number of nitrogens with zero attached hydrogens (tertiary/aromatic N) is 1. The molecule has 2 amide bonds. The van der Waals surface area contributed by atoms with Gasteiger partial charge in [-0.05, 0) is 30.0 Å². The van der Waals surface area contributed by atoms with E-state index in [-0.39, 0.29) is 17.7 Å². The van der Waals surface area contributed by atoms with Crippen LogP contribution in [0.4, 0.5) is 0 Å². The van der Waals surface area contributed by atoms with Crippen LogP contribution in [0.25, 0.3) is 0 Å². The highest BCUT2D eigenvalue weighted by molar-refractivity contribution is 6.00. The van der Waals surface area contributed by atoms with Gasteiger partial charge in [0.2, 0.25) is 5.91 Å². The van der Waals surface area contributed by atoms with Gasteiger partial charge in [0.05, 0.1) is 12.7 Å². The Hall–Kier alpha value is -2.77. The quantitative estimate of drug-likeness (QED) is 0.668. The van der Waals surface area contributed by atoms with Gasteiger partial charge in [-0.15, -0.1) is 0 Å². The predicted molar refractivity (Wildman–Crippen MR) is 106 cm³/mol. The predicted octanol–water partition coefficient (Wildman–Crippen LogP) is 1.35. The van der Waals surface area contributed by atoms with E-state index in [1.54, 1.807) is 6.07 Å². The highest BCUT2D eigenvalue weighted by atomic mass is 16.5. The molecular weight excluding hydrogens is 356 g/mol. The van der Waals surface area contributed by atoms with E-state index in [1.165, 1.54) is 0 Å². The number of nitrogens with one attached hydrogen (secondary N) is 1. The molecule has 0 spiro atoms. The van der Waals surface area contributed by atoms with Gasteiger partial charge >= 0.3 is 0 Å². The smallest absolute Gasteiger partial charge is 0.267 e. The van der Waals surface area contributed by atoms with Crippen molar-refractivity contribution in [1.82, 2.24) is 10.3 Å². The van der Waals surface area contributed by atoms with Gasteiger partial charge in [-0.1, -0.05) is 37.3 Å². The number of primary amides is 2. The van der Waals surface area contributed by atoms with Gasteiger partial charge in [-0.25, -0.2) is 4.98 Å². The molecule has 2 heterocycles. The summed E-state index contributed by atoms with van der Waals surface area (Å²) in [6, 6.07) is 11.4. The van der Waals surface area contributed by atoms with Crippen molar-refractivity contribution in [1.29, 1.82) is 0 Å². The van der Waals surface area contributed by atoms with E-state index in [1.807, 2.05) is 37.3 Å². The summed E-state index contributed by atoms with van der Waals surface area (Å²) in [5.74, 6) is -1.37. The third kappa shape index (κ3) is 4.55.